The molecule has 0 bridgehead atoms. The largest absolute Gasteiger partial charge is 0.497 e. The van der Waals surface area contributed by atoms with Gasteiger partial charge in [-0.1, -0.05) is 18.2 Å². The number of para-hydroxylation sites is 1. The van der Waals surface area contributed by atoms with Crippen LogP contribution in [-0.4, -0.2) is 43.5 Å². The molecule has 0 N–H and O–H groups in total. The minimum atomic E-state index is 0.0663. The van der Waals surface area contributed by atoms with Crippen molar-refractivity contribution < 1.29 is 14.3 Å². The van der Waals surface area contributed by atoms with Gasteiger partial charge in [0, 0.05) is 37.3 Å². The fourth-order valence-electron chi connectivity index (χ4n) is 4.41. The van der Waals surface area contributed by atoms with Crippen LogP contribution < -0.4 is 9.64 Å². The summed E-state index contributed by atoms with van der Waals surface area (Å²) in [6.07, 6.45) is 2.39. The molecule has 0 aromatic heterocycles. The Bertz CT molecular complexity index is 835. The zero-order chi connectivity index (χ0) is 19.5. The fourth-order valence-corrected chi connectivity index (χ4v) is 4.41. The van der Waals surface area contributed by atoms with Gasteiger partial charge in [0.25, 0.3) is 5.91 Å². The number of fused-ring (bicyclic) bond motifs is 1. The molecule has 2 aromatic carbocycles. The summed E-state index contributed by atoms with van der Waals surface area (Å²) in [5, 5.41) is 0. The quantitative estimate of drug-likeness (QED) is 0.820. The summed E-state index contributed by atoms with van der Waals surface area (Å²) in [4.78, 5) is 29.6. The third-order valence-electron chi connectivity index (χ3n) is 6.04. The van der Waals surface area contributed by atoms with Gasteiger partial charge in [0.15, 0.2) is 0 Å². The summed E-state index contributed by atoms with van der Waals surface area (Å²) < 4.78 is 5.17. The van der Waals surface area contributed by atoms with E-state index in [1.54, 1.807) is 7.11 Å². The van der Waals surface area contributed by atoms with E-state index in [4.69, 9.17) is 4.74 Å². The van der Waals surface area contributed by atoms with Crippen molar-refractivity contribution in [1.82, 2.24) is 4.90 Å². The number of anilines is 1. The van der Waals surface area contributed by atoms with Crippen molar-refractivity contribution in [3.05, 3.63) is 60.2 Å². The lowest BCUT2D eigenvalue weighted by Gasteiger charge is -2.37. The first-order valence-electron chi connectivity index (χ1n) is 9.94. The Balaban J connectivity index is 1.45. The minimum Gasteiger partial charge on any atom is -0.497 e. The van der Waals surface area contributed by atoms with Crippen LogP contribution in [0.15, 0.2) is 54.6 Å². The van der Waals surface area contributed by atoms with Gasteiger partial charge in [0.05, 0.1) is 7.11 Å². The molecule has 2 heterocycles. The highest BCUT2D eigenvalue weighted by atomic mass is 16.5. The molecule has 0 saturated carbocycles. The average Bonchev–Trinajstić information content (AvgIpc) is 2.91. The molecule has 0 radical (unpaired) electrons. The lowest BCUT2D eigenvalue weighted by atomic mass is 9.82. The van der Waals surface area contributed by atoms with E-state index in [0.29, 0.717) is 36.9 Å². The van der Waals surface area contributed by atoms with Gasteiger partial charge in [0.2, 0.25) is 5.91 Å². The number of hydrogen-bond acceptors (Lipinski definition) is 3. The molecule has 2 aliphatic heterocycles. The van der Waals surface area contributed by atoms with E-state index >= 15 is 0 Å². The summed E-state index contributed by atoms with van der Waals surface area (Å²) in [5.41, 5.74) is 1.66. The maximum absolute atomic E-state index is 12.9. The summed E-state index contributed by atoms with van der Waals surface area (Å²) in [6, 6.07) is 17.2. The SMILES string of the molecule is COc1ccc(C(=O)N2CCC3CC(=O)N(c4ccccc4)CCC3C2)cc1. The van der Waals surface area contributed by atoms with Crippen molar-refractivity contribution in [2.75, 3.05) is 31.6 Å². The van der Waals surface area contributed by atoms with Gasteiger partial charge < -0.3 is 14.5 Å². The lowest BCUT2D eigenvalue weighted by Crippen LogP contribution is -2.43. The zero-order valence-corrected chi connectivity index (χ0v) is 16.2. The number of carbonyl (C=O) groups is 2. The molecule has 2 atom stereocenters. The van der Waals surface area contributed by atoms with E-state index in [0.717, 1.165) is 30.8 Å². The van der Waals surface area contributed by atoms with E-state index < -0.39 is 0 Å². The van der Waals surface area contributed by atoms with Gasteiger partial charge in [0.1, 0.15) is 5.75 Å². The molecule has 5 heteroatoms. The second-order valence-electron chi connectivity index (χ2n) is 7.66. The number of benzene rings is 2. The van der Waals surface area contributed by atoms with Gasteiger partial charge in [-0.2, -0.15) is 0 Å². The highest BCUT2D eigenvalue weighted by Crippen LogP contribution is 2.34. The Morgan fingerprint density at radius 2 is 1.68 bits per heavy atom. The molecule has 2 aliphatic rings. The maximum atomic E-state index is 12.9. The smallest absolute Gasteiger partial charge is 0.253 e. The van der Waals surface area contributed by atoms with Crippen LogP contribution in [0.1, 0.15) is 29.6 Å². The van der Waals surface area contributed by atoms with Crippen LogP contribution in [-0.2, 0) is 4.79 Å². The summed E-state index contributed by atoms with van der Waals surface area (Å²) in [5.74, 6) is 1.75. The van der Waals surface area contributed by atoms with Crippen molar-refractivity contribution in [2.45, 2.75) is 19.3 Å². The lowest BCUT2D eigenvalue weighted by molar-refractivity contribution is -0.119. The molecule has 2 aromatic rings. The highest BCUT2D eigenvalue weighted by Gasteiger charge is 2.36. The number of amides is 2. The van der Waals surface area contributed by atoms with Crippen LogP contribution in [0, 0.1) is 11.8 Å². The number of hydrogen-bond donors (Lipinski definition) is 0. The molecule has 2 saturated heterocycles. The third kappa shape index (κ3) is 3.75. The molecule has 0 spiro atoms. The highest BCUT2D eigenvalue weighted by molar-refractivity contribution is 5.95. The summed E-state index contributed by atoms with van der Waals surface area (Å²) >= 11 is 0. The van der Waals surface area contributed by atoms with Gasteiger partial charge in [-0.3, -0.25) is 9.59 Å². The maximum Gasteiger partial charge on any atom is 0.253 e. The summed E-state index contributed by atoms with van der Waals surface area (Å²) in [6.45, 7) is 2.16. The van der Waals surface area contributed by atoms with Crippen molar-refractivity contribution in [3.8, 4) is 5.75 Å². The van der Waals surface area contributed by atoms with Crippen LogP contribution in [0.5, 0.6) is 5.75 Å². The Hall–Kier alpha value is -2.82. The number of ether oxygens (including phenoxy) is 1. The first-order valence-corrected chi connectivity index (χ1v) is 9.94. The summed E-state index contributed by atoms with van der Waals surface area (Å²) in [7, 11) is 1.62. The topological polar surface area (TPSA) is 49.9 Å². The predicted molar refractivity (Wildman–Crippen MR) is 109 cm³/mol. The third-order valence-corrected chi connectivity index (χ3v) is 6.04. The van der Waals surface area contributed by atoms with Crippen LogP contribution in [0.2, 0.25) is 0 Å². The molecule has 2 fully saturated rings. The number of rotatable bonds is 3. The normalized spacial score (nSPS) is 22.4. The van der Waals surface area contributed by atoms with E-state index in [9.17, 15) is 9.59 Å². The number of piperidine rings is 1. The first kappa shape index (κ1) is 18.5. The van der Waals surface area contributed by atoms with Gasteiger partial charge in [-0.05, 0) is 61.1 Å². The van der Waals surface area contributed by atoms with E-state index in [1.165, 1.54) is 0 Å². The molecular weight excluding hydrogens is 352 g/mol. The number of likely N-dealkylation sites (tertiary alicyclic amines) is 1. The number of methoxy groups -OCH3 is 1. The van der Waals surface area contributed by atoms with Gasteiger partial charge in [-0.15, -0.1) is 0 Å². The van der Waals surface area contributed by atoms with Gasteiger partial charge >= 0.3 is 0 Å². The molecule has 146 valence electrons. The monoisotopic (exact) mass is 378 g/mol. The Labute approximate surface area is 165 Å². The standard InChI is InChI=1S/C23H26N2O3/c1-28-21-9-7-17(8-10-21)23(27)24-13-11-18-15-22(26)25(14-12-19(18)16-24)20-5-3-2-4-6-20/h2-10,18-19H,11-16H2,1H3. The second-order valence-corrected chi connectivity index (χ2v) is 7.66. The Kier molecular flexibility index (Phi) is 5.33. The fraction of sp³-hybridized carbons (Fsp3) is 0.391. The van der Waals surface area contributed by atoms with E-state index in [-0.39, 0.29) is 11.8 Å². The molecule has 4 rings (SSSR count). The van der Waals surface area contributed by atoms with Crippen molar-refractivity contribution >= 4 is 17.5 Å². The molecule has 5 nitrogen and oxygen atoms in total. The minimum absolute atomic E-state index is 0.0663. The predicted octanol–water partition coefficient (Wildman–Crippen LogP) is 3.60. The van der Waals surface area contributed by atoms with Crippen LogP contribution in [0.3, 0.4) is 0 Å². The number of carbonyl (C=O) groups excluding carboxylic acids is 2. The van der Waals surface area contributed by atoms with Crippen LogP contribution >= 0.6 is 0 Å². The molecular formula is C23H26N2O3. The average molecular weight is 378 g/mol. The van der Waals surface area contributed by atoms with Crippen LogP contribution in [0.25, 0.3) is 0 Å². The molecule has 2 amide bonds. The number of nitrogens with zero attached hydrogens (tertiary/aromatic N) is 2. The molecule has 28 heavy (non-hydrogen) atoms. The van der Waals surface area contributed by atoms with Crippen molar-refractivity contribution in [1.29, 1.82) is 0 Å². The second kappa shape index (κ2) is 8.05. The van der Waals surface area contributed by atoms with Gasteiger partial charge in [-0.25, -0.2) is 0 Å². The molecule has 0 aliphatic carbocycles. The Morgan fingerprint density at radius 1 is 0.964 bits per heavy atom. The zero-order valence-electron chi connectivity index (χ0n) is 16.2. The van der Waals surface area contributed by atoms with E-state index in [1.807, 2.05) is 64.4 Å². The van der Waals surface area contributed by atoms with Crippen molar-refractivity contribution in [2.24, 2.45) is 11.8 Å². The molecule has 2 unspecified atom stereocenters. The Morgan fingerprint density at radius 3 is 2.39 bits per heavy atom. The first-order chi connectivity index (χ1) is 13.7. The van der Waals surface area contributed by atoms with E-state index in [2.05, 4.69) is 0 Å². The van der Waals surface area contributed by atoms with Crippen LogP contribution in [0.4, 0.5) is 5.69 Å². The van der Waals surface area contributed by atoms with Crippen molar-refractivity contribution in [3.63, 3.8) is 0 Å².